The summed E-state index contributed by atoms with van der Waals surface area (Å²) in [5, 5.41) is 4.20. The van der Waals surface area contributed by atoms with Gasteiger partial charge in [-0.15, -0.1) is 0 Å². The van der Waals surface area contributed by atoms with Crippen LogP contribution >= 0.6 is 23.2 Å². The second-order valence-electron chi connectivity index (χ2n) is 7.44. The van der Waals surface area contributed by atoms with Crippen LogP contribution in [0.15, 0.2) is 42.5 Å². The van der Waals surface area contributed by atoms with Crippen molar-refractivity contribution < 1.29 is 14.3 Å². The number of morpholine rings is 1. The molecule has 2 aliphatic heterocycles. The van der Waals surface area contributed by atoms with Crippen molar-refractivity contribution in [3.8, 4) is 0 Å². The summed E-state index contributed by atoms with van der Waals surface area (Å²) in [6, 6.07) is 12.6. The summed E-state index contributed by atoms with van der Waals surface area (Å²) in [4.78, 5) is 28.8. The van der Waals surface area contributed by atoms with E-state index in [1.54, 1.807) is 23.1 Å². The standard InChI is InChI=1S/C22H23Cl2N3O3/c23-18-6-5-17(14-19(18)24)27-8-7-20(22(27)29)25-16-3-1-15(2-4-16)13-21(28)26-9-11-30-12-10-26/h1-6,14,20,25H,7-13H2. The molecule has 0 spiro atoms. The van der Waals surface area contributed by atoms with Crippen LogP contribution in [0.25, 0.3) is 0 Å². The molecule has 30 heavy (non-hydrogen) atoms. The van der Waals surface area contributed by atoms with Gasteiger partial charge in [-0.2, -0.15) is 0 Å². The van der Waals surface area contributed by atoms with Crippen LogP contribution in [0, 0.1) is 0 Å². The van der Waals surface area contributed by atoms with E-state index in [1.807, 2.05) is 29.2 Å². The van der Waals surface area contributed by atoms with Crippen molar-refractivity contribution in [1.82, 2.24) is 4.90 Å². The van der Waals surface area contributed by atoms with E-state index in [1.165, 1.54) is 0 Å². The zero-order valence-corrected chi connectivity index (χ0v) is 18.0. The van der Waals surface area contributed by atoms with Crippen LogP contribution in [0.4, 0.5) is 11.4 Å². The van der Waals surface area contributed by atoms with E-state index < -0.39 is 0 Å². The average Bonchev–Trinajstić information content (AvgIpc) is 3.12. The highest BCUT2D eigenvalue weighted by Gasteiger charge is 2.32. The number of hydrogen-bond donors (Lipinski definition) is 1. The van der Waals surface area contributed by atoms with Crippen molar-refractivity contribution >= 4 is 46.4 Å². The van der Waals surface area contributed by atoms with Crippen LogP contribution in [0.1, 0.15) is 12.0 Å². The number of carbonyl (C=O) groups excluding carboxylic acids is 2. The Kier molecular flexibility index (Phi) is 6.46. The molecule has 0 saturated carbocycles. The summed E-state index contributed by atoms with van der Waals surface area (Å²) in [6.07, 6.45) is 1.06. The lowest BCUT2D eigenvalue weighted by Gasteiger charge is -2.26. The Morgan fingerprint density at radius 1 is 1.03 bits per heavy atom. The third kappa shape index (κ3) is 4.72. The number of amides is 2. The minimum absolute atomic E-state index is 0.0000363. The van der Waals surface area contributed by atoms with E-state index >= 15 is 0 Å². The van der Waals surface area contributed by atoms with Crippen molar-refractivity contribution in [2.75, 3.05) is 43.1 Å². The zero-order valence-electron chi connectivity index (χ0n) is 16.4. The minimum atomic E-state index is -0.305. The van der Waals surface area contributed by atoms with Gasteiger partial charge >= 0.3 is 0 Å². The molecule has 2 aliphatic rings. The average molecular weight is 448 g/mol. The van der Waals surface area contributed by atoms with Crippen molar-refractivity contribution in [2.45, 2.75) is 18.9 Å². The molecule has 6 nitrogen and oxygen atoms in total. The molecule has 0 aliphatic carbocycles. The van der Waals surface area contributed by atoms with Crippen molar-refractivity contribution in [3.63, 3.8) is 0 Å². The Bertz CT molecular complexity index is 930. The topological polar surface area (TPSA) is 61.9 Å². The molecular weight excluding hydrogens is 425 g/mol. The van der Waals surface area contributed by atoms with Gasteiger partial charge in [0.05, 0.1) is 29.7 Å². The lowest BCUT2D eigenvalue weighted by atomic mass is 10.1. The van der Waals surface area contributed by atoms with Crippen molar-refractivity contribution in [1.29, 1.82) is 0 Å². The van der Waals surface area contributed by atoms with Gasteiger partial charge in [0.15, 0.2) is 0 Å². The molecule has 8 heteroatoms. The SMILES string of the molecule is O=C(Cc1ccc(NC2CCN(c3ccc(Cl)c(Cl)c3)C2=O)cc1)N1CCOCC1. The Hall–Kier alpha value is -2.28. The van der Waals surface area contributed by atoms with E-state index in [2.05, 4.69) is 5.32 Å². The first kappa shape index (κ1) is 21.0. The molecule has 4 rings (SSSR count). The highest BCUT2D eigenvalue weighted by atomic mass is 35.5. The predicted octanol–water partition coefficient (Wildman–Crippen LogP) is 3.61. The van der Waals surface area contributed by atoms with E-state index in [0.717, 1.165) is 16.9 Å². The normalized spacial score (nSPS) is 19.3. The molecule has 2 aromatic rings. The van der Waals surface area contributed by atoms with Crippen LogP contribution in [0.5, 0.6) is 0 Å². The maximum absolute atomic E-state index is 12.8. The Morgan fingerprint density at radius 3 is 2.47 bits per heavy atom. The number of anilines is 2. The van der Waals surface area contributed by atoms with Gasteiger partial charge in [0.25, 0.3) is 0 Å². The molecule has 158 valence electrons. The number of halogens is 2. The Labute approximate surface area is 185 Å². The molecule has 2 fully saturated rings. The number of rotatable bonds is 5. The second-order valence-corrected chi connectivity index (χ2v) is 8.26. The smallest absolute Gasteiger partial charge is 0.249 e. The molecule has 2 amide bonds. The molecular formula is C22H23Cl2N3O3. The lowest BCUT2D eigenvalue weighted by Crippen LogP contribution is -2.41. The molecule has 0 bridgehead atoms. The largest absolute Gasteiger partial charge is 0.378 e. The van der Waals surface area contributed by atoms with Crippen LogP contribution in [-0.2, 0) is 20.7 Å². The summed E-state index contributed by atoms with van der Waals surface area (Å²) in [7, 11) is 0. The summed E-state index contributed by atoms with van der Waals surface area (Å²) < 4.78 is 5.29. The van der Waals surface area contributed by atoms with E-state index in [0.29, 0.717) is 55.7 Å². The summed E-state index contributed by atoms with van der Waals surface area (Å²) in [5.74, 6) is 0.113. The van der Waals surface area contributed by atoms with Gasteiger partial charge in [-0.3, -0.25) is 9.59 Å². The van der Waals surface area contributed by atoms with E-state index in [9.17, 15) is 9.59 Å². The minimum Gasteiger partial charge on any atom is -0.378 e. The zero-order chi connectivity index (χ0) is 21.1. The second kappa shape index (κ2) is 9.25. The van der Waals surface area contributed by atoms with Gasteiger partial charge in [-0.05, 0) is 42.3 Å². The quantitative estimate of drug-likeness (QED) is 0.760. The van der Waals surface area contributed by atoms with Gasteiger partial charge in [0, 0.05) is 31.0 Å². The summed E-state index contributed by atoms with van der Waals surface area (Å²) in [5.41, 5.74) is 2.55. The van der Waals surface area contributed by atoms with Crippen molar-refractivity contribution in [3.05, 3.63) is 58.1 Å². The van der Waals surface area contributed by atoms with Crippen molar-refractivity contribution in [2.24, 2.45) is 0 Å². The molecule has 1 atom stereocenters. The van der Waals surface area contributed by atoms with Gasteiger partial charge in [-0.25, -0.2) is 0 Å². The molecule has 1 unspecified atom stereocenters. The monoisotopic (exact) mass is 447 g/mol. The number of carbonyl (C=O) groups is 2. The molecule has 0 radical (unpaired) electrons. The fourth-order valence-corrected chi connectivity index (χ4v) is 4.03. The number of nitrogens with one attached hydrogen (secondary N) is 1. The third-order valence-corrected chi connectivity index (χ3v) is 6.17. The molecule has 2 aromatic carbocycles. The number of nitrogens with zero attached hydrogens (tertiary/aromatic N) is 2. The maximum Gasteiger partial charge on any atom is 0.249 e. The lowest BCUT2D eigenvalue weighted by molar-refractivity contribution is -0.134. The number of hydrogen-bond acceptors (Lipinski definition) is 4. The van der Waals surface area contributed by atoms with Crippen LogP contribution in [0.2, 0.25) is 10.0 Å². The first-order chi connectivity index (χ1) is 14.5. The molecule has 0 aromatic heterocycles. The molecule has 2 saturated heterocycles. The molecule has 1 N–H and O–H groups in total. The fraction of sp³-hybridized carbons (Fsp3) is 0.364. The van der Waals surface area contributed by atoms with Gasteiger partial charge in [-0.1, -0.05) is 35.3 Å². The molecule has 2 heterocycles. The Balaban J connectivity index is 1.34. The Morgan fingerprint density at radius 2 is 1.77 bits per heavy atom. The predicted molar refractivity (Wildman–Crippen MR) is 118 cm³/mol. The first-order valence-electron chi connectivity index (χ1n) is 9.99. The van der Waals surface area contributed by atoms with Gasteiger partial charge < -0.3 is 19.9 Å². The fourth-order valence-electron chi connectivity index (χ4n) is 3.74. The third-order valence-electron chi connectivity index (χ3n) is 5.43. The number of ether oxygens (including phenoxy) is 1. The first-order valence-corrected chi connectivity index (χ1v) is 10.7. The summed E-state index contributed by atoms with van der Waals surface area (Å²) in [6.45, 7) is 3.11. The van der Waals surface area contributed by atoms with Gasteiger partial charge in [0.1, 0.15) is 6.04 Å². The van der Waals surface area contributed by atoms with Crippen LogP contribution < -0.4 is 10.2 Å². The highest BCUT2D eigenvalue weighted by molar-refractivity contribution is 6.42. The number of benzene rings is 2. The summed E-state index contributed by atoms with van der Waals surface area (Å²) >= 11 is 12.1. The van der Waals surface area contributed by atoms with Crippen LogP contribution in [0.3, 0.4) is 0 Å². The van der Waals surface area contributed by atoms with E-state index in [-0.39, 0.29) is 17.9 Å². The van der Waals surface area contributed by atoms with Gasteiger partial charge in [0.2, 0.25) is 11.8 Å². The van der Waals surface area contributed by atoms with Crippen LogP contribution in [-0.4, -0.2) is 55.6 Å². The van der Waals surface area contributed by atoms with E-state index in [4.69, 9.17) is 27.9 Å². The highest BCUT2D eigenvalue weighted by Crippen LogP contribution is 2.30. The maximum atomic E-state index is 12.8.